The standard InChI is InChI=1S/C13H16ClN3OS/c1-13(2,15)12-16-11(18-17-12)8-19-7-9-3-5-10(14)6-4-9/h3-6H,7-8,15H2,1-2H3. The molecule has 6 heteroatoms. The Hall–Kier alpha value is -1.04. The Morgan fingerprint density at radius 3 is 2.53 bits per heavy atom. The lowest BCUT2D eigenvalue weighted by Crippen LogP contribution is -2.30. The van der Waals surface area contributed by atoms with Crippen molar-refractivity contribution in [3.05, 3.63) is 46.6 Å². The Morgan fingerprint density at radius 2 is 1.95 bits per heavy atom. The van der Waals surface area contributed by atoms with Gasteiger partial charge in [-0.2, -0.15) is 4.98 Å². The van der Waals surface area contributed by atoms with Gasteiger partial charge in [-0.15, -0.1) is 11.8 Å². The number of benzene rings is 1. The molecule has 19 heavy (non-hydrogen) atoms. The minimum atomic E-state index is -0.567. The molecule has 0 bridgehead atoms. The van der Waals surface area contributed by atoms with Crippen molar-refractivity contribution in [2.45, 2.75) is 30.9 Å². The molecule has 0 amide bonds. The maximum Gasteiger partial charge on any atom is 0.236 e. The maximum atomic E-state index is 5.90. The molecular formula is C13H16ClN3OS. The number of thioether (sulfide) groups is 1. The van der Waals surface area contributed by atoms with Crippen molar-refractivity contribution < 1.29 is 4.52 Å². The van der Waals surface area contributed by atoms with Crippen LogP contribution in [0.15, 0.2) is 28.8 Å². The third-order valence-corrected chi connectivity index (χ3v) is 3.69. The summed E-state index contributed by atoms with van der Waals surface area (Å²) in [6.45, 7) is 3.70. The second-order valence-corrected chi connectivity index (χ2v) is 6.27. The molecule has 0 saturated carbocycles. The quantitative estimate of drug-likeness (QED) is 0.917. The van der Waals surface area contributed by atoms with E-state index in [1.54, 1.807) is 11.8 Å². The molecule has 1 heterocycles. The third kappa shape index (κ3) is 4.23. The lowest BCUT2D eigenvalue weighted by molar-refractivity contribution is 0.370. The molecule has 0 saturated heterocycles. The van der Waals surface area contributed by atoms with Gasteiger partial charge in [0.15, 0.2) is 5.82 Å². The number of hydrogen-bond donors (Lipinski definition) is 1. The zero-order valence-corrected chi connectivity index (χ0v) is 12.5. The van der Waals surface area contributed by atoms with Gasteiger partial charge in [-0.05, 0) is 31.5 Å². The predicted molar refractivity (Wildman–Crippen MR) is 78.0 cm³/mol. The molecule has 0 spiro atoms. The molecule has 0 aliphatic heterocycles. The summed E-state index contributed by atoms with van der Waals surface area (Å²) in [5, 5.41) is 4.63. The van der Waals surface area contributed by atoms with Crippen molar-refractivity contribution in [3.8, 4) is 0 Å². The van der Waals surface area contributed by atoms with Gasteiger partial charge in [0.1, 0.15) is 0 Å². The van der Waals surface area contributed by atoms with Crippen LogP contribution in [0.25, 0.3) is 0 Å². The van der Waals surface area contributed by atoms with Crippen LogP contribution >= 0.6 is 23.4 Å². The molecule has 2 aromatic rings. The summed E-state index contributed by atoms with van der Waals surface area (Å²) in [4.78, 5) is 4.28. The third-order valence-electron chi connectivity index (χ3n) is 2.45. The van der Waals surface area contributed by atoms with Crippen molar-refractivity contribution in [1.29, 1.82) is 0 Å². The van der Waals surface area contributed by atoms with Crippen molar-refractivity contribution in [2.75, 3.05) is 0 Å². The molecule has 102 valence electrons. The van der Waals surface area contributed by atoms with Gasteiger partial charge in [-0.25, -0.2) is 0 Å². The highest BCUT2D eigenvalue weighted by molar-refractivity contribution is 7.97. The Kier molecular flexibility index (Phi) is 4.50. The van der Waals surface area contributed by atoms with Gasteiger partial charge in [0, 0.05) is 10.8 Å². The Morgan fingerprint density at radius 1 is 1.26 bits per heavy atom. The van der Waals surface area contributed by atoms with Crippen LogP contribution in [-0.4, -0.2) is 10.1 Å². The van der Waals surface area contributed by atoms with Crippen LogP contribution in [0.4, 0.5) is 0 Å². The van der Waals surface area contributed by atoms with Crippen LogP contribution in [-0.2, 0) is 17.0 Å². The van der Waals surface area contributed by atoms with Gasteiger partial charge in [-0.3, -0.25) is 0 Å². The molecule has 0 unspecified atom stereocenters. The summed E-state index contributed by atoms with van der Waals surface area (Å²) < 4.78 is 5.17. The van der Waals surface area contributed by atoms with Gasteiger partial charge in [0.25, 0.3) is 0 Å². The van der Waals surface area contributed by atoms with Crippen LogP contribution < -0.4 is 5.73 Å². The van der Waals surface area contributed by atoms with E-state index in [-0.39, 0.29) is 0 Å². The van der Waals surface area contributed by atoms with E-state index in [9.17, 15) is 0 Å². The van der Waals surface area contributed by atoms with Crippen molar-refractivity contribution >= 4 is 23.4 Å². The molecular weight excluding hydrogens is 282 g/mol. The fourth-order valence-corrected chi connectivity index (χ4v) is 2.36. The first-order valence-electron chi connectivity index (χ1n) is 5.89. The lowest BCUT2D eigenvalue weighted by Gasteiger charge is -2.11. The molecule has 1 aromatic carbocycles. The average molecular weight is 298 g/mol. The molecule has 0 aliphatic rings. The molecule has 2 rings (SSSR count). The van der Waals surface area contributed by atoms with E-state index in [2.05, 4.69) is 10.1 Å². The van der Waals surface area contributed by atoms with E-state index in [0.717, 1.165) is 10.8 Å². The highest BCUT2D eigenvalue weighted by atomic mass is 35.5. The summed E-state index contributed by atoms with van der Waals surface area (Å²) >= 11 is 7.54. The van der Waals surface area contributed by atoms with Gasteiger partial charge >= 0.3 is 0 Å². The number of aromatic nitrogens is 2. The first-order valence-corrected chi connectivity index (χ1v) is 7.42. The second kappa shape index (κ2) is 5.94. The van der Waals surface area contributed by atoms with E-state index in [4.69, 9.17) is 21.9 Å². The number of hydrogen-bond acceptors (Lipinski definition) is 5. The summed E-state index contributed by atoms with van der Waals surface area (Å²) in [5.41, 5.74) is 6.55. The van der Waals surface area contributed by atoms with E-state index < -0.39 is 5.54 Å². The minimum absolute atomic E-state index is 0.537. The zero-order chi connectivity index (χ0) is 13.9. The van der Waals surface area contributed by atoms with E-state index in [1.165, 1.54) is 5.56 Å². The van der Waals surface area contributed by atoms with E-state index in [0.29, 0.717) is 17.5 Å². The highest BCUT2D eigenvalue weighted by Gasteiger charge is 2.21. The molecule has 0 radical (unpaired) electrons. The summed E-state index contributed by atoms with van der Waals surface area (Å²) in [5.74, 6) is 2.69. The van der Waals surface area contributed by atoms with Crippen LogP contribution in [0.2, 0.25) is 5.02 Å². The Balaban J connectivity index is 1.86. The van der Waals surface area contributed by atoms with Crippen molar-refractivity contribution in [2.24, 2.45) is 5.73 Å². The normalized spacial score (nSPS) is 11.8. The Labute approximate surface area is 121 Å². The molecule has 0 atom stereocenters. The number of nitrogens with zero attached hydrogens (tertiary/aromatic N) is 2. The predicted octanol–water partition coefficient (Wildman–Crippen LogP) is 3.35. The smallest absolute Gasteiger partial charge is 0.236 e. The molecule has 0 fully saturated rings. The van der Waals surface area contributed by atoms with Gasteiger partial charge in [0.2, 0.25) is 5.89 Å². The zero-order valence-electron chi connectivity index (χ0n) is 10.9. The van der Waals surface area contributed by atoms with E-state index >= 15 is 0 Å². The van der Waals surface area contributed by atoms with Gasteiger partial charge in [0.05, 0.1) is 11.3 Å². The van der Waals surface area contributed by atoms with Crippen LogP contribution in [0.1, 0.15) is 31.1 Å². The topological polar surface area (TPSA) is 64.9 Å². The van der Waals surface area contributed by atoms with Crippen molar-refractivity contribution in [1.82, 2.24) is 10.1 Å². The van der Waals surface area contributed by atoms with Crippen molar-refractivity contribution in [3.63, 3.8) is 0 Å². The fraction of sp³-hybridized carbons (Fsp3) is 0.385. The molecule has 1 aromatic heterocycles. The summed E-state index contributed by atoms with van der Waals surface area (Å²) in [6, 6.07) is 7.80. The minimum Gasteiger partial charge on any atom is -0.338 e. The first kappa shape index (κ1) is 14.4. The summed E-state index contributed by atoms with van der Waals surface area (Å²) in [6.07, 6.45) is 0. The average Bonchev–Trinajstić information content (AvgIpc) is 2.80. The number of nitrogens with two attached hydrogens (primary N) is 1. The SMILES string of the molecule is CC(C)(N)c1noc(CSCc2ccc(Cl)cc2)n1. The monoisotopic (exact) mass is 297 g/mol. The molecule has 4 nitrogen and oxygen atoms in total. The Bertz CT molecular complexity index is 534. The molecule has 2 N–H and O–H groups in total. The first-order chi connectivity index (χ1) is 8.95. The molecule has 0 aliphatic carbocycles. The van der Waals surface area contributed by atoms with Gasteiger partial charge < -0.3 is 10.3 Å². The maximum absolute atomic E-state index is 5.90. The van der Waals surface area contributed by atoms with Gasteiger partial charge in [-0.1, -0.05) is 28.9 Å². The fourth-order valence-electron chi connectivity index (χ4n) is 1.41. The number of halogens is 1. The lowest BCUT2D eigenvalue weighted by atomic mass is 10.1. The largest absolute Gasteiger partial charge is 0.338 e. The van der Waals surface area contributed by atoms with E-state index in [1.807, 2.05) is 38.1 Å². The van der Waals surface area contributed by atoms with Crippen LogP contribution in [0, 0.1) is 0 Å². The van der Waals surface area contributed by atoms with Crippen LogP contribution in [0.5, 0.6) is 0 Å². The second-order valence-electron chi connectivity index (χ2n) is 4.85. The summed E-state index contributed by atoms with van der Waals surface area (Å²) in [7, 11) is 0. The number of rotatable bonds is 5. The highest BCUT2D eigenvalue weighted by Crippen LogP contribution is 2.20. The van der Waals surface area contributed by atoms with Crippen LogP contribution in [0.3, 0.4) is 0 Å².